The number of benzene rings is 2. The van der Waals surface area contributed by atoms with Gasteiger partial charge in [0.25, 0.3) is 11.8 Å². The predicted molar refractivity (Wildman–Crippen MR) is 111 cm³/mol. The van der Waals surface area contributed by atoms with Crippen molar-refractivity contribution in [3.8, 4) is 0 Å². The number of rotatable bonds is 5. The number of halogens is 1. The molecule has 2 N–H and O–H groups in total. The number of hydrogen-bond donors (Lipinski definition) is 2. The Hall–Kier alpha value is -2.70. The summed E-state index contributed by atoms with van der Waals surface area (Å²) in [5, 5.41) is 6.95. The van der Waals surface area contributed by atoms with Crippen molar-refractivity contribution in [1.29, 1.82) is 0 Å². The summed E-state index contributed by atoms with van der Waals surface area (Å²) < 4.78 is 0. The maximum absolute atomic E-state index is 12.6. The summed E-state index contributed by atoms with van der Waals surface area (Å²) in [5.74, 6) is -0.877. The average molecular weight is 412 g/mol. The standard InChI is InChI=1S/C22H22ClN3O3/c1-26-20(28)17-9-8-16(12-18(17)21(26)29)25-19(27)13-24-22(10-2-3-11-22)14-4-6-15(23)7-5-14/h4-9,12,24H,2-3,10-11,13H2,1H3,(H,25,27). The number of carbonyl (C=O) groups is 3. The molecule has 0 atom stereocenters. The molecule has 0 aromatic heterocycles. The van der Waals surface area contributed by atoms with E-state index in [2.05, 4.69) is 10.6 Å². The van der Waals surface area contributed by atoms with Crippen LogP contribution in [0.4, 0.5) is 5.69 Å². The molecule has 2 aromatic rings. The zero-order valence-corrected chi connectivity index (χ0v) is 16.9. The molecule has 1 saturated carbocycles. The molecular formula is C22H22ClN3O3. The molecule has 7 heteroatoms. The lowest BCUT2D eigenvalue weighted by atomic mass is 9.88. The van der Waals surface area contributed by atoms with Gasteiger partial charge in [-0.05, 0) is 48.7 Å². The molecule has 0 saturated heterocycles. The summed E-state index contributed by atoms with van der Waals surface area (Å²) in [7, 11) is 1.45. The van der Waals surface area contributed by atoms with Gasteiger partial charge in [0, 0.05) is 23.3 Å². The molecule has 2 aliphatic rings. The molecule has 3 amide bonds. The van der Waals surface area contributed by atoms with E-state index in [1.165, 1.54) is 7.05 Å². The van der Waals surface area contributed by atoms with E-state index in [0.717, 1.165) is 36.1 Å². The molecule has 2 aromatic carbocycles. The molecule has 0 radical (unpaired) electrons. The minimum Gasteiger partial charge on any atom is -0.325 e. The van der Waals surface area contributed by atoms with Gasteiger partial charge in [0.15, 0.2) is 0 Å². The molecule has 150 valence electrons. The van der Waals surface area contributed by atoms with Gasteiger partial charge < -0.3 is 5.32 Å². The van der Waals surface area contributed by atoms with E-state index >= 15 is 0 Å². The number of carbonyl (C=O) groups excluding carboxylic acids is 3. The van der Waals surface area contributed by atoms with Gasteiger partial charge in [0.2, 0.25) is 5.91 Å². The highest BCUT2D eigenvalue weighted by atomic mass is 35.5. The fourth-order valence-corrected chi connectivity index (χ4v) is 4.33. The van der Waals surface area contributed by atoms with Gasteiger partial charge in [-0.25, -0.2) is 0 Å². The third-order valence-electron chi connectivity index (χ3n) is 5.81. The maximum atomic E-state index is 12.6. The van der Waals surface area contributed by atoms with Gasteiger partial charge in [-0.3, -0.25) is 24.6 Å². The monoisotopic (exact) mass is 411 g/mol. The Morgan fingerprint density at radius 3 is 2.38 bits per heavy atom. The largest absolute Gasteiger partial charge is 0.325 e. The molecule has 0 spiro atoms. The molecule has 0 bridgehead atoms. The lowest BCUT2D eigenvalue weighted by molar-refractivity contribution is -0.115. The zero-order chi connectivity index (χ0) is 20.6. The van der Waals surface area contributed by atoms with Crippen molar-refractivity contribution < 1.29 is 14.4 Å². The lowest BCUT2D eigenvalue weighted by Gasteiger charge is -2.31. The zero-order valence-electron chi connectivity index (χ0n) is 16.1. The molecule has 6 nitrogen and oxygen atoms in total. The van der Waals surface area contributed by atoms with Crippen LogP contribution < -0.4 is 10.6 Å². The average Bonchev–Trinajstić information content (AvgIpc) is 3.28. The summed E-state index contributed by atoms with van der Waals surface area (Å²) >= 11 is 6.02. The molecule has 1 aliphatic carbocycles. The summed E-state index contributed by atoms with van der Waals surface area (Å²) in [6, 6.07) is 12.6. The Morgan fingerprint density at radius 2 is 1.69 bits per heavy atom. The summed E-state index contributed by atoms with van der Waals surface area (Å²) in [5.41, 5.74) is 2.08. The van der Waals surface area contributed by atoms with Crippen LogP contribution in [0.5, 0.6) is 0 Å². The van der Waals surface area contributed by atoms with Crippen LogP contribution in [0.15, 0.2) is 42.5 Å². The van der Waals surface area contributed by atoms with Crippen molar-refractivity contribution in [3.05, 3.63) is 64.2 Å². The summed E-state index contributed by atoms with van der Waals surface area (Å²) in [6.07, 6.45) is 4.13. The second-order valence-electron chi connectivity index (χ2n) is 7.63. The van der Waals surface area contributed by atoms with Crippen LogP contribution in [0.1, 0.15) is 52.0 Å². The van der Waals surface area contributed by atoms with E-state index in [0.29, 0.717) is 21.8 Å². The first-order chi connectivity index (χ1) is 13.9. The number of amides is 3. The molecule has 1 aliphatic heterocycles. The van der Waals surface area contributed by atoms with Gasteiger partial charge in [-0.1, -0.05) is 36.6 Å². The first-order valence-corrected chi connectivity index (χ1v) is 10.0. The van der Waals surface area contributed by atoms with E-state index in [-0.39, 0.29) is 29.8 Å². The van der Waals surface area contributed by atoms with Crippen molar-refractivity contribution in [3.63, 3.8) is 0 Å². The number of nitrogens with zero attached hydrogens (tertiary/aromatic N) is 1. The second-order valence-corrected chi connectivity index (χ2v) is 8.06. The Kier molecular flexibility index (Phi) is 5.15. The van der Waals surface area contributed by atoms with E-state index < -0.39 is 0 Å². The Bertz CT molecular complexity index is 981. The number of hydrogen-bond acceptors (Lipinski definition) is 4. The van der Waals surface area contributed by atoms with Crippen LogP contribution in [-0.2, 0) is 10.3 Å². The Balaban J connectivity index is 1.44. The van der Waals surface area contributed by atoms with Crippen molar-refractivity contribution in [2.75, 3.05) is 18.9 Å². The van der Waals surface area contributed by atoms with E-state index in [1.54, 1.807) is 18.2 Å². The fraction of sp³-hybridized carbons (Fsp3) is 0.318. The number of fused-ring (bicyclic) bond motifs is 1. The van der Waals surface area contributed by atoms with Gasteiger partial charge in [0.1, 0.15) is 0 Å². The first-order valence-electron chi connectivity index (χ1n) is 9.67. The molecule has 4 rings (SSSR count). The SMILES string of the molecule is CN1C(=O)c2ccc(NC(=O)CNC3(c4ccc(Cl)cc4)CCCC3)cc2C1=O. The van der Waals surface area contributed by atoms with Gasteiger partial charge >= 0.3 is 0 Å². The highest BCUT2D eigenvalue weighted by molar-refractivity contribution is 6.30. The Labute approximate surface area is 174 Å². The molecule has 1 heterocycles. The minimum atomic E-state index is -0.355. The molecule has 0 unspecified atom stereocenters. The van der Waals surface area contributed by atoms with Crippen molar-refractivity contribution in [2.45, 2.75) is 31.2 Å². The number of imide groups is 1. The normalized spacial score (nSPS) is 17.5. The number of nitrogens with one attached hydrogen (secondary N) is 2. The Morgan fingerprint density at radius 1 is 1.03 bits per heavy atom. The van der Waals surface area contributed by atoms with Crippen LogP contribution >= 0.6 is 11.6 Å². The van der Waals surface area contributed by atoms with E-state index in [1.807, 2.05) is 24.3 Å². The topological polar surface area (TPSA) is 78.5 Å². The van der Waals surface area contributed by atoms with Gasteiger partial charge in [-0.15, -0.1) is 0 Å². The summed E-state index contributed by atoms with van der Waals surface area (Å²) in [6.45, 7) is 0.145. The van der Waals surface area contributed by atoms with E-state index in [9.17, 15) is 14.4 Å². The van der Waals surface area contributed by atoms with Crippen molar-refractivity contribution in [1.82, 2.24) is 10.2 Å². The van der Waals surface area contributed by atoms with Crippen molar-refractivity contribution in [2.24, 2.45) is 0 Å². The quantitative estimate of drug-likeness (QED) is 0.737. The third kappa shape index (κ3) is 3.66. The highest BCUT2D eigenvalue weighted by Gasteiger charge is 2.36. The van der Waals surface area contributed by atoms with Crippen molar-refractivity contribution >= 4 is 35.0 Å². The highest BCUT2D eigenvalue weighted by Crippen LogP contribution is 2.39. The molecule has 1 fully saturated rings. The van der Waals surface area contributed by atoms with Gasteiger partial charge in [-0.2, -0.15) is 0 Å². The second kappa shape index (κ2) is 7.61. The van der Waals surface area contributed by atoms with Gasteiger partial charge in [0.05, 0.1) is 17.7 Å². The van der Waals surface area contributed by atoms with Crippen LogP contribution in [0.3, 0.4) is 0 Å². The van der Waals surface area contributed by atoms with Crippen LogP contribution in [0.25, 0.3) is 0 Å². The fourth-order valence-electron chi connectivity index (χ4n) is 4.21. The van der Waals surface area contributed by atoms with Crippen LogP contribution in [0.2, 0.25) is 5.02 Å². The minimum absolute atomic E-state index is 0.145. The maximum Gasteiger partial charge on any atom is 0.261 e. The third-order valence-corrected chi connectivity index (χ3v) is 6.07. The molecule has 29 heavy (non-hydrogen) atoms. The number of anilines is 1. The summed E-state index contributed by atoms with van der Waals surface area (Å²) in [4.78, 5) is 37.7. The van der Waals surface area contributed by atoms with Crippen LogP contribution in [0, 0.1) is 0 Å². The smallest absolute Gasteiger partial charge is 0.261 e. The van der Waals surface area contributed by atoms with E-state index in [4.69, 9.17) is 11.6 Å². The predicted octanol–water partition coefficient (Wildman–Crippen LogP) is 3.56. The lowest BCUT2D eigenvalue weighted by Crippen LogP contribution is -2.44. The molecular weight excluding hydrogens is 390 g/mol. The van der Waals surface area contributed by atoms with Crippen LogP contribution in [-0.4, -0.2) is 36.2 Å². The first kappa shape index (κ1) is 19.6.